The Kier molecular flexibility index (Phi) is 3.91. The first-order valence-corrected chi connectivity index (χ1v) is 9.13. The summed E-state index contributed by atoms with van der Waals surface area (Å²) in [5, 5.41) is 1.78. The first-order valence-electron chi connectivity index (χ1n) is 7.33. The van der Waals surface area contributed by atoms with E-state index < -0.39 is 0 Å². The van der Waals surface area contributed by atoms with Crippen LogP contribution < -0.4 is 5.56 Å². The van der Waals surface area contributed by atoms with E-state index in [1.54, 1.807) is 23.1 Å². The van der Waals surface area contributed by atoms with Gasteiger partial charge in [-0.3, -0.25) is 9.36 Å². The van der Waals surface area contributed by atoms with Crippen molar-refractivity contribution in [1.29, 1.82) is 0 Å². The van der Waals surface area contributed by atoms with Crippen LogP contribution in [0, 0.1) is 5.92 Å². The van der Waals surface area contributed by atoms with Gasteiger partial charge in [0.15, 0.2) is 5.16 Å². The molecule has 1 atom stereocenters. The predicted molar refractivity (Wildman–Crippen MR) is 87.1 cm³/mol. The van der Waals surface area contributed by atoms with Crippen molar-refractivity contribution in [3.05, 3.63) is 20.8 Å². The van der Waals surface area contributed by atoms with Gasteiger partial charge in [0.1, 0.15) is 4.83 Å². The molecule has 0 N–H and O–H groups in total. The molecule has 2 heterocycles. The summed E-state index contributed by atoms with van der Waals surface area (Å²) in [6.07, 6.45) is 3.34. The zero-order valence-electron chi connectivity index (χ0n) is 12.2. The lowest BCUT2D eigenvalue weighted by molar-refractivity contribution is 0.509. The van der Waals surface area contributed by atoms with Crippen molar-refractivity contribution >= 4 is 33.3 Å². The molecule has 5 heteroatoms. The molecule has 20 heavy (non-hydrogen) atoms. The van der Waals surface area contributed by atoms with Crippen LogP contribution in [0.4, 0.5) is 0 Å². The lowest BCUT2D eigenvalue weighted by atomic mass is 9.89. The van der Waals surface area contributed by atoms with Crippen LogP contribution in [0.3, 0.4) is 0 Å². The summed E-state index contributed by atoms with van der Waals surface area (Å²) in [5.41, 5.74) is 1.45. The molecule has 108 valence electrons. The van der Waals surface area contributed by atoms with Gasteiger partial charge in [0.05, 0.1) is 5.39 Å². The van der Waals surface area contributed by atoms with Gasteiger partial charge in [-0.1, -0.05) is 25.6 Å². The third-order valence-electron chi connectivity index (χ3n) is 3.97. The van der Waals surface area contributed by atoms with Crippen LogP contribution in [0.25, 0.3) is 10.2 Å². The standard InChI is InChI=1S/C15H20N2OS2/c1-4-17-14(18)12-10-7-6-9(3)8-11(10)20-13(12)16-15(17)19-5-2/h9H,4-8H2,1-3H3. The Hall–Kier alpha value is -0.810. The second-order valence-electron chi connectivity index (χ2n) is 5.41. The van der Waals surface area contributed by atoms with Crippen LogP contribution in [-0.4, -0.2) is 15.3 Å². The van der Waals surface area contributed by atoms with Gasteiger partial charge in [-0.25, -0.2) is 4.98 Å². The molecule has 3 rings (SSSR count). The number of nitrogens with zero attached hydrogens (tertiary/aromatic N) is 2. The average Bonchev–Trinajstić information content (AvgIpc) is 2.76. The summed E-state index contributed by atoms with van der Waals surface area (Å²) in [7, 11) is 0. The fourth-order valence-electron chi connectivity index (χ4n) is 2.92. The summed E-state index contributed by atoms with van der Waals surface area (Å²) in [4.78, 5) is 19.9. The molecule has 0 saturated carbocycles. The summed E-state index contributed by atoms with van der Waals surface area (Å²) in [6, 6.07) is 0. The van der Waals surface area contributed by atoms with E-state index in [0.29, 0.717) is 6.54 Å². The van der Waals surface area contributed by atoms with Gasteiger partial charge >= 0.3 is 0 Å². The maximum Gasteiger partial charge on any atom is 0.263 e. The van der Waals surface area contributed by atoms with E-state index in [9.17, 15) is 4.79 Å². The Morgan fingerprint density at radius 1 is 1.45 bits per heavy atom. The van der Waals surface area contributed by atoms with Crippen molar-refractivity contribution in [2.24, 2.45) is 5.92 Å². The zero-order valence-corrected chi connectivity index (χ0v) is 13.9. The van der Waals surface area contributed by atoms with E-state index >= 15 is 0 Å². The lowest BCUT2D eigenvalue weighted by Crippen LogP contribution is -2.23. The molecule has 0 fully saturated rings. The topological polar surface area (TPSA) is 34.9 Å². The molecule has 0 radical (unpaired) electrons. The van der Waals surface area contributed by atoms with E-state index in [1.165, 1.54) is 16.9 Å². The number of hydrogen-bond donors (Lipinski definition) is 0. The maximum atomic E-state index is 12.8. The minimum atomic E-state index is 0.167. The second kappa shape index (κ2) is 5.53. The van der Waals surface area contributed by atoms with Gasteiger partial charge in [-0.15, -0.1) is 11.3 Å². The van der Waals surface area contributed by atoms with Crippen molar-refractivity contribution < 1.29 is 0 Å². The summed E-state index contributed by atoms with van der Waals surface area (Å²) < 4.78 is 1.83. The molecule has 0 amide bonds. The highest BCUT2D eigenvalue weighted by Gasteiger charge is 2.24. The van der Waals surface area contributed by atoms with Crippen LogP contribution in [-0.2, 0) is 19.4 Å². The molecule has 1 aliphatic carbocycles. The van der Waals surface area contributed by atoms with E-state index in [1.807, 2.05) is 11.5 Å². The highest BCUT2D eigenvalue weighted by atomic mass is 32.2. The Morgan fingerprint density at radius 3 is 2.95 bits per heavy atom. The third-order valence-corrected chi connectivity index (χ3v) is 5.98. The van der Waals surface area contributed by atoms with Crippen LogP contribution in [0.15, 0.2) is 9.95 Å². The summed E-state index contributed by atoms with van der Waals surface area (Å²) in [5.74, 6) is 1.67. The zero-order chi connectivity index (χ0) is 14.3. The number of hydrogen-bond acceptors (Lipinski definition) is 4. The van der Waals surface area contributed by atoms with Crippen molar-refractivity contribution in [3.63, 3.8) is 0 Å². The van der Waals surface area contributed by atoms with Gasteiger partial charge < -0.3 is 0 Å². The molecule has 2 aromatic heterocycles. The van der Waals surface area contributed by atoms with Crippen LogP contribution in [0.2, 0.25) is 0 Å². The number of thiophene rings is 1. The van der Waals surface area contributed by atoms with Crippen LogP contribution in [0.1, 0.15) is 37.6 Å². The van der Waals surface area contributed by atoms with Crippen molar-refractivity contribution in [3.8, 4) is 0 Å². The molecule has 0 spiro atoms. The fourth-order valence-corrected chi connectivity index (χ4v) is 5.14. The number of aromatic nitrogens is 2. The van der Waals surface area contributed by atoms with Gasteiger partial charge in [0.25, 0.3) is 5.56 Å². The highest BCUT2D eigenvalue weighted by Crippen LogP contribution is 2.36. The smallest absolute Gasteiger partial charge is 0.263 e. The van der Waals surface area contributed by atoms with Crippen LogP contribution >= 0.6 is 23.1 Å². The van der Waals surface area contributed by atoms with Gasteiger partial charge in [0, 0.05) is 11.4 Å². The molecule has 1 aliphatic rings. The van der Waals surface area contributed by atoms with E-state index in [4.69, 9.17) is 4.98 Å². The van der Waals surface area contributed by atoms with Gasteiger partial charge in [-0.05, 0) is 43.4 Å². The minimum Gasteiger partial charge on any atom is -0.287 e. The average molecular weight is 308 g/mol. The third kappa shape index (κ3) is 2.21. The molecule has 0 aromatic carbocycles. The quantitative estimate of drug-likeness (QED) is 0.640. The van der Waals surface area contributed by atoms with E-state index in [0.717, 1.165) is 39.9 Å². The first kappa shape index (κ1) is 14.1. The molecule has 0 saturated heterocycles. The lowest BCUT2D eigenvalue weighted by Gasteiger charge is -2.17. The Labute approximate surface area is 127 Å². The molecular weight excluding hydrogens is 288 g/mol. The highest BCUT2D eigenvalue weighted by molar-refractivity contribution is 7.99. The molecule has 1 unspecified atom stereocenters. The molecule has 2 aromatic rings. The van der Waals surface area contributed by atoms with E-state index in [-0.39, 0.29) is 5.56 Å². The monoisotopic (exact) mass is 308 g/mol. The van der Waals surface area contributed by atoms with Crippen molar-refractivity contribution in [2.45, 2.75) is 51.7 Å². The molecule has 3 nitrogen and oxygen atoms in total. The van der Waals surface area contributed by atoms with Crippen molar-refractivity contribution in [2.75, 3.05) is 5.75 Å². The van der Waals surface area contributed by atoms with Gasteiger partial charge in [0.2, 0.25) is 0 Å². The number of fused-ring (bicyclic) bond motifs is 3. The Morgan fingerprint density at radius 2 is 2.25 bits per heavy atom. The van der Waals surface area contributed by atoms with E-state index in [2.05, 4.69) is 13.8 Å². The number of rotatable bonds is 3. The largest absolute Gasteiger partial charge is 0.287 e. The number of aryl methyl sites for hydroxylation is 1. The van der Waals surface area contributed by atoms with Crippen LogP contribution in [0.5, 0.6) is 0 Å². The minimum absolute atomic E-state index is 0.167. The molecular formula is C15H20N2OS2. The Balaban J connectivity index is 2.26. The SMILES string of the molecule is CCSc1nc2sc3c(c2c(=O)n1CC)CCC(C)C3. The fraction of sp³-hybridized carbons (Fsp3) is 0.600. The van der Waals surface area contributed by atoms with Crippen molar-refractivity contribution in [1.82, 2.24) is 9.55 Å². The predicted octanol–water partition coefficient (Wildman–Crippen LogP) is 3.71. The Bertz CT molecular complexity index is 702. The number of thioether (sulfide) groups is 1. The molecule has 0 bridgehead atoms. The summed E-state index contributed by atoms with van der Waals surface area (Å²) >= 11 is 3.40. The second-order valence-corrected chi connectivity index (χ2v) is 7.72. The molecule has 0 aliphatic heterocycles. The summed E-state index contributed by atoms with van der Waals surface area (Å²) in [6.45, 7) is 7.12. The maximum absolute atomic E-state index is 12.8. The van der Waals surface area contributed by atoms with Gasteiger partial charge in [-0.2, -0.15) is 0 Å². The normalized spacial score (nSPS) is 18.4. The first-order chi connectivity index (χ1) is 9.65.